The van der Waals surface area contributed by atoms with Crippen molar-refractivity contribution in [3.8, 4) is 0 Å². The zero-order valence-corrected chi connectivity index (χ0v) is 9.14. The van der Waals surface area contributed by atoms with E-state index in [1.54, 1.807) is 0 Å². The molecular weight excluding hydrogens is 200 g/mol. The molecule has 10 heavy (non-hydrogen) atoms. The Morgan fingerprint density at radius 3 is 1.60 bits per heavy atom. The highest BCUT2D eigenvalue weighted by atomic mass is 33.7. The van der Waals surface area contributed by atoms with E-state index in [1.165, 1.54) is 37.2 Å². The van der Waals surface area contributed by atoms with Crippen LogP contribution in [0.4, 0.5) is 0 Å². The minimum atomic E-state index is 1.35. The Hall–Kier alpha value is 1.40. The fourth-order valence-corrected chi connectivity index (χ4v) is 7.05. The lowest BCUT2D eigenvalue weighted by Crippen LogP contribution is -1.82. The summed E-state index contributed by atoms with van der Waals surface area (Å²) in [4.78, 5) is 0. The van der Waals surface area contributed by atoms with Crippen molar-refractivity contribution in [3.63, 3.8) is 0 Å². The second kappa shape index (κ2) is 7.07. The first-order valence-corrected chi connectivity index (χ1v) is 8.73. The molecule has 0 amide bonds. The lowest BCUT2D eigenvalue weighted by atomic mass is 10.2. The summed E-state index contributed by atoms with van der Waals surface area (Å²) in [5.41, 5.74) is 0. The van der Waals surface area contributed by atoms with Crippen LogP contribution in [0.15, 0.2) is 0 Å². The van der Waals surface area contributed by atoms with Crippen molar-refractivity contribution in [1.29, 1.82) is 0 Å². The molecule has 0 saturated carbocycles. The van der Waals surface area contributed by atoms with Crippen LogP contribution >= 0.6 is 41.2 Å². The smallest absolute Gasteiger partial charge is 0.00454 e. The minimum Gasteiger partial charge on any atom is -0.0817 e. The Morgan fingerprint density at radius 2 is 1.10 bits per heavy atom. The molecule has 0 aromatic carbocycles. The van der Waals surface area contributed by atoms with Crippen LogP contribution in [0.1, 0.15) is 25.7 Å². The highest BCUT2D eigenvalue weighted by Gasteiger charge is 1.97. The summed E-state index contributed by atoms with van der Waals surface area (Å²) in [5, 5.41) is 0. The van der Waals surface area contributed by atoms with Gasteiger partial charge < -0.3 is 0 Å². The third-order valence-electron chi connectivity index (χ3n) is 1.33. The molecule has 0 radical (unpaired) electrons. The monoisotopic (exact) mass is 212 g/mol. The number of rotatable bonds is 0. The highest BCUT2D eigenvalue weighted by molar-refractivity contribution is 9.26. The first kappa shape index (κ1) is 9.49. The summed E-state index contributed by atoms with van der Waals surface area (Å²) in [6, 6.07) is 0. The molecule has 4 heteroatoms. The molecule has 1 saturated heterocycles. The van der Waals surface area contributed by atoms with Crippen LogP contribution in [0, 0.1) is 0 Å². The van der Waals surface area contributed by atoms with Crippen molar-refractivity contribution in [2.75, 3.05) is 11.5 Å². The molecule has 0 N–H and O–H groups in total. The zero-order chi connectivity index (χ0) is 7.07. The predicted molar refractivity (Wildman–Crippen MR) is 58.6 cm³/mol. The lowest BCUT2D eigenvalue weighted by molar-refractivity contribution is 0.712. The Kier molecular flexibility index (Phi) is 6.71. The average Bonchev–Trinajstić information content (AvgIpc) is 2.01. The van der Waals surface area contributed by atoms with Crippen LogP contribution in [0.5, 0.6) is 0 Å². The summed E-state index contributed by atoms with van der Waals surface area (Å²) >= 11 is 0. The van der Waals surface area contributed by atoms with Gasteiger partial charge in [-0.05, 0) is 32.5 Å². The standard InChI is InChI=1S/C6H12S4/c1-2-4-6-8-10-9-7-5-3-1/h1-6H2. The molecule has 1 aliphatic heterocycles. The molecule has 1 aliphatic rings. The Morgan fingerprint density at radius 1 is 0.600 bits per heavy atom. The fourth-order valence-electron chi connectivity index (χ4n) is 0.783. The molecule has 0 bridgehead atoms. The molecule has 0 aromatic rings. The molecule has 60 valence electrons. The van der Waals surface area contributed by atoms with Gasteiger partial charge in [0.15, 0.2) is 0 Å². The van der Waals surface area contributed by atoms with Gasteiger partial charge in [0, 0.05) is 11.5 Å². The van der Waals surface area contributed by atoms with E-state index in [2.05, 4.69) is 0 Å². The SMILES string of the molecule is C1CCCSSSSCC1. The van der Waals surface area contributed by atoms with Crippen LogP contribution in [-0.4, -0.2) is 11.5 Å². The molecule has 0 unspecified atom stereocenters. The maximum absolute atomic E-state index is 2.01. The normalized spacial score (nSPS) is 24.0. The predicted octanol–water partition coefficient (Wildman–Crippen LogP) is 4.24. The van der Waals surface area contributed by atoms with Crippen molar-refractivity contribution < 1.29 is 0 Å². The van der Waals surface area contributed by atoms with Gasteiger partial charge in [0.05, 0.1) is 0 Å². The largest absolute Gasteiger partial charge is 0.0817 e. The third kappa shape index (κ3) is 5.10. The van der Waals surface area contributed by atoms with Crippen molar-refractivity contribution in [3.05, 3.63) is 0 Å². The van der Waals surface area contributed by atoms with Crippen LogP contribution in [0.25, 0.3) is 0 Å². The summed E-state index contributed by atoms with van der Waals surface area (Å²) in [7, 11) is 7.92. The molecule has 0 nitrogen and oxygen atoms in total. The van der Waals surface area contributed by atoms with Crippen LogP contribution in [-0.2, 0) is 0 Å². The molecule has 0 aliphatic carbocycles. The van der Waals surface area contributed by atoms with E-state index in [0.29, 0.717) is 0 Å². The Labute approximate surface area is 78.3 Å². The van der Waals surface area contributed by atoms with Crippen LogP contribution in [0.3, 0.4) is 0 Å². The second-order valence-electron chi connectivity index (χ2n) is 2.19. The number of hydrogen-bond donors (Lipinski definition) is 0. The second-order valence-corrected chi connectivity index (χ2v) is 8.43. The summed E-state index contributed by atoms with van der Waals surface area (Å²) in [6.07, 6.45) is 5.73. The van der Waals surface area contributed by atoms with E-state index in [0.717, 1.165) is 0 Å². The molecule has 0 atom stereocenters. The highest BCUT2D eigenvalue weighted by Crippen LogP contribution is 2.44. The van der Waals surface area contributed by atoms with Crippen molar-refractivity contribution >= 4 is 41.2 Å². The summed E-state index contributed by atoms with van der Waals surface area (Å²) in [6.45, 7) is 0. The number of hydrogen-bond acceptors (Lipinski definition) is 4. The van der Waals surface area contributed by atoms with Crippen LogP contribution < -0.4 is 0 Å². The lowest BCUT2D eigenvalue weighted by Gasteiger charge is -2.04. The average molecular weight is 212 g/mol. The van der Waals surface area contributed by atoms with E-state index in [1.807, 2.05) is 41.2 Å². The Bertz CT molecular complexity index is 42.9. The fraction of sp³-hybridized carbons (Fsp3) is 1.00. The van der Waals surface area contributed by atoms with E-state index in [-0.39, 0.29) is 0 Å². The van der Waals surface area contributed by atoms with Gasteiger partial charge in [-0.3, -0.25) is 0 Å². The molecule has 1 heterocycles. The van der Waals surface area contributed by atoms with Gasteiger partial charge >= 0.3 is 0 Å². The molecular formula is C6H12S4. The quantitative estimate of drug-likeness (QED) is 0.551. The van der Waals surface area contributed by atoms with Gasteiger partial charge in [-0.1, -0.05) is 34.4 Å². The summed E-state index contributed by atoms with van der Waals surface area (Å²) in [5.74, 6) is 2.69. The molecule has 0 spiro atoms. The van der Waals surface area contributed by atoms with Crippen molar-refractivity contribution in [2.45, 2.75) is 25.7 Å². The Balaban J connectivity index is 2.00. The zero-order valence-electron chi connectivity index (χ0n) is 5.88. The first-order valence-electron chi connectivity index (χ1n) is 3.58. The van der Waals surface area contributed by atoms with Gasteiger partial charge in [0.2, 0.25) is 0 Å². The maximum atomic E-state index is 2.01. The van der Waals surface area contributed by atoms with E-state index >= 15 is 0 Å². The topological polar surface area (TPSA) is 0 Å². The third-order valence-corrected chi connectivity index (χ3v) is 7.96. The van der Waals surface area contributed by atoms with Crippen molar-refractivity contribution in [2.24, 2.45) is 0 Å². The maximum Gasteiger partial charge on any atom is 0.00454 e. The van der Waals surface area contributed by atoms with Gasteiger partial charge in [0.1, 0.15) is 0 Å². The summed E-state index contributed by atoms with van der Waals surface area (Å²) < 4.78 is 0. The van der Waals surface area contributed by atoms with E-state index in [9.17, 15) is 0 Å². The van der Waals surface area contributed by atoms with Crippen molar-refractivity contribution in [1.82, 2.24) is 0 Å². The van der Waals surface area contributed by atoms with E-state index in [4.69, 9.17) is 0 Å². The molecule has 1 fully saturated rings. The van der Waals surface area contributed by atoms with Gasteiger partial charge in [0.25, 0.3) is 0 Å². The van der Waals surface area contributed by atoms with Gasteiger partial charge in [-0.25, -0.2) is 0 Å². The minimum absolute atomic E-state index is 1.35. The van der Waals surface area contributed by atoms with E-state index < -0.39 is 0 Å². The first-order chi connectivity index (χ1) is 5.00. The molecule has 0 aromatic heterocycles. The van der Waals surface area contributed by atoms with Crippen LogP contribution in [0.2, 0.25) is 0 Å². The molecule has 1 rings (SSSR count). The van der Waals surface area contributed by atoms with Gasteiger partial charge in [-0.2, -0.15) is 0 Å². The van der Waals surface area contributed by atoms with Gasteiger partial charge in [-0.15, -0.1) is 0 Å².